The van der Waals surface area contributed by atoms with Crippen molar-refractivity contribution in [3.8, 4) is 11.5 Å². The molecule has 0 saturated carbocycles. The van der Waals surface area contributed by atoms with Crippen LogP contribution in [-0.4, -0.2) is 39.3 Å². The van der Waals surface area contributed by atoms with Crippen molar-refractivity contribution in [2.45, 2.75) is 13.0 Å². The van der Waals surface area contributed by atoms with Gasteiger partial charge in [-0.25, -0.2) is 0 Å². The fourth-order valence-electron chi connectivity index (χ4n) is 2.23. The number of methoxy groups -OCH3 is 1. The Balaban J connectivity index is 1.77. The summed E-state index contributed by atoms with van der Waals surface area (Å²) in [5.74, 6) is 1.17. The second-order valence-electron chi connectivity index (χ2n) is 5.49. The van der Waals surface area contributed by atoms with Gasteiger partial charge in [0.25, 0.3) is 5.91 Å². The van der Waals surface area contributed by atoms with Crippen LogP contribution in [0.3, 0.4) is 0 Å². The number of anilines is 1. The summed E-state index contributed by atoms with van der Waals surface area (Å²) < 4.78 is 10.8. The summed E-state index contributed by atoms with van der Waals surface area (Å²) in [6.07, 6.45) is -0.570. The van der Waals surface area contributed by atoms with Crippen molar-refractivity contribution in [1.29, 1.82) is 0 Å². The van der Waals surface area contributed by atoms with Gasteiger partial charge in [-0.15, -0.1) is 0 Å². The highest BCUT2D eigenvalue weighted by Gasteiger charge is 2.14. The van der Waals surface area contributed by atoms with Crippen LogP contribution in [0.4, 0.5) is 5.69 Å². The van der Waals surface area contributed by atoms with E-state index in [1.54, 1.807) is 26.2 Å². The topological polar surface area (TPSA) is 50.8 Å². The minimum Gasteiger partial charge on any atom is -0.497 e. The summed E-state index contributed by atoms with van der Waals surface area (Å²) in [5.41, 5.74) is 1.12. The second kappa shape index (κ2) is 8.82. The average Bonchev–Trinajstić information content (AvgIpc) is 2.62. The van der Waals surface area contributed by atoms with Gasteiger partial charge in [-0.1, -0.05) is 24.3 Å². The quantitative estimate of drug-likeness (QED) is 0.809. The number of nitrogens with zero attached hydrogens (tertiary/aromatic N) is 1. The molecule has 0 spiro atoms. The van der Waals surface area contributed by atoms with Gasteiger partial charge in [0.15, 0.2) is 6.10 Å². The summed E-state index contributed by atoms with van der Waals surface area (Å²) in [7, 11) is 3.59. The molecule has 2 rings (SSSR count). The maximum Gasteiger partial charge on any atom is 0.260 e. The van der Waals surface area contributed by atoms with Crippen LogP contribution >= 0.6 is 0 Å². The van der Waals surface area contributed by atoms with E-state index in [0.29, 0.717) is 18.0 Å². The molecule has 1 amide bonds. The third-order valence-electron chi connectivity index (χ3n) is 3.67. The van der Waals surface area contributed by atoms with Crippen molar-refractivity contribution in [3.05, 3.63) is 54.6 Å². The first-order valence-corrected chi connectivity index (χ1v) is 7.95. The molecule has 24 heavy (non-hydrogen) atoms. The molecule has 0 aliphatic carbocycles. The minimum absolute atomic E-state index is 0.140. The summed E-state index contributed by atoms with van der Waals surface area (Å²) in [5, 5.41) is 2.90. The smallest absolute Gasteiger partial charge is 0.260 e. The van der Waals surface area contributed by atoms with Gasteiger partial charge in [0.05, 0.1) is 7.11 Å². The molecule has 0 radical (unpaired) electrons. The van der Waals surface area contributed by atoms with Gasteiger partial charge < -0.3 is 19.7 Å². The van der Waals surface area contributed by atoms with Crippen molar-refractivity contribution < 1.29 is 14.3 Å². The van der Waals surface area contributed by atoms with Gasteiger partial charge in [0, 0.05) is 31.9 Å². The van der Waals surface area contributed by atoms with Gasteiger partial charge in [0.2, 0.25) is 0 Å². The molecule has 5 nitrogen and oxygen atoms in total. The van der Waals surface area contributed by atoms with Gasteiger partial charge >= 0.3 is 0 Å². The van der Waals surface area contributed by atoms with E-state index < -0.39 is 6.10 Å². The third-order valence-corrected chi connectivity index (χ3v) is 3.67. The lowest BCUT2D eigenvalue weighted by Gasteiger charge is -2.20. The maximum atomic E-state index is 12.1. The molecule has 1 atom stereocenters. The van der Waals surface area contributed by atoms with E-state index >= 15 is 0 Å². The Kier molecular flexibility index (Phi) is 6.49. The lowest BCUT2D eigenvalue weighted by molar-refractivity contribution is -0.127. The lowest BCUT2D eigenvalue weighted by atomic mass is 10.3. The normalized spacial score (nSPS) is 11.5. The van der Waals surface area contributed by atoms with Crippen LogP contribution in [0.15, 0.2) is 54.6 Å². The zero-order valence-electron chi connectivity index (χ0n) is 14.4. The number of likely N-dealkylation sites (N-methyl/N-ethyl adjacent to an activating group) is 1. The molecule has 128 valence electrons. The van der Waals surface area contributed by atoms with E-state index in [2.05, 4.69) is 10.2 Å². The molecule has 5 heteroatoms. The molecular formula is C19H24N2O3. The summed E-state index contributed by atoms with van der Waals surface area (Å²) in [4.78, 5) is 14.2. The number of ether oxygens (including phenoxy) is 2. The fourth-order valence-corrected chi connectivity index (χ4v) is 2.23. The molecule has 0 aliphatic rings. The van der Waals surface area contributed by atoms with Gasteiger partial charge in [0.1, 0.15) is 11.5 Å². The first-order valence-electron chi connectivity index (χ1n) is 7.95. The zero-order valence-corrected chi connectivity index (χ0v) is 14.4. The molecule has 2 aromatic carbocycles. The van der Waals surface area contributed by atoms with E-state index in [1.807, 2.05) is 49.5 Å². The number of hydrogen-bond donors (Lipinski definition) is 1. The number of rotatable bonds is 8. The van der Waals surface area contributed by atoms with Crippen molar-refractivity contribution >= 4 is 11.6 Å². The second-order valence-corrected chi connectivity index (χ2v) is 5.49. The minimum atomic E-state index is -0.570. The molecule has 0 aromatic heterocycles. The van der Waals surface area contributed by atoms with E-state index in [-0.39, 0.29) is 5.91 Å². The number of nitrogens with one attached hydrogen (secondary N) is 1. The molecule has 0 aliphatic heterocycles. The van der Waals surface area contributed by atoms with Crippen molar-refractivity contribution in [2.24, 2.45) is 0 Å². The third kappa shape index (κ3) is 5.19. The van der Waals surface area contributed by atoms with E-state index in [1.165, 1.54) is 0 Å². The Morgan fingerprint density at radius 3 is 2.54 bits per heavy atom. The van der Waals surface area contributed by atoms with E-state index in [4.69, 9.17) is 9.47 Å². The van der Waals surface area contributed by atoms with Gasteiger partial charge in [-0.05, 0) is 31.2 Å². The molecule has 0 saturated heterocycles. The molecule has 0 fully saturated rings. The van der Waals surface area contributed by atoms with Crippen LogP contribution in [0.5, 0.6) is 11.5 Å². The molecule has 2 aromatic rings. The summed E-state index contributed by atoms with van der Waals surface area (Å²) in [6, 6.07) is 17.3. The highest BCUT2D eigenvalue weighted by molar-refractivity contribution is 5.80. The average molecular weight is 328 g/mol. The highest BCUT2D eigenvalue weighted by Crippen LogP contribution is 2.19. The lowest BCUT2D eigenvalue weighted by Crippen LogP contribution is -2.40. The van der Waals surface area contributed by atoms with Crippen molar-refractivity contribution in [2.75, 3.05) is 32.1 Å². The van der Waals surface area contributed by atoms with Crippen LogP contribution in [0.2, 0.25) is 0 Å². The number of benzene rings is 2. The first kappa shape index (κ1) is 17.7. The van der Waals surface area contributed by atoms with Gasteiger partial charge in [-0.3, -0.25) is 4.79 Å². The zero-order chi connectivity index (χ0) is 17.4. The molecule has 0 bridgehead atoms. The molecule has 1 unspecified atom stereocenters. The van der Waals surface area contributed by atoms with Crippen LogP contribution in [0, 0.1) is 0 Å². The van der Waals surface area contributed by atoms with E-state index in [9.17, 15) is 4.79 Å². The Hall–Kier alpha value is -2.69. The Bertz CT molecular complexity index is 646. The van der Waals surface area contributed by atoms with Crippen molar-refractivity contribution in [3.63, 3.8) is 0 Å². The van der Waals surface area contributed by atoms with Crippen LogP contribution < -0.4 is 19.7 Å². The fraction of sp³-hybridized carbons (Fsp3) is 0.316. The largest absolute Gasteiger partial charge is 0.497 e. The molecular weight excluding hydrogens is 304 g/mol. The number of carbonyl (C=O) groups is 1. The summed E-state index contributed by atoms with van der Waals surface area (Å²) >= 11 is 0. The van der Waals surface area contributed by atoms with Crippen LogP contribution in [0.25, 0.3) is 0 Å². The predicted molar refractivity (Wildman–Crippen MR) is 95.8 cm³/mol. The number of para-hydroxylation sites is 1. The monoisotopic (exact) mass is 328 g/mol. The number of amides is 1. The highest BCUT2D eigenvalue weighted by atomic mass is 16.5. The maximum absolute atomic E-state index is 12.1. The SMILES string of the molecule is COc1cccc(OC(C)C(=O)NCCN(C)c2ccccc2)c1. The summed E-state index contributed by atoms with van der Waals surface area (Å²) in [6.45, 7) is 3.01. The number of hydrogen-bond acceptors (Lipinski definition) is 4. The van der Waals surface area contributed by atoms with Crippen LogP contribution in [0.1, 0.15) is 6.92 Å². The Morgan fingerprint density at radius 2 is 1.83 bits per heavy atom. The van der Waals surface area contributed by atoms with Crippen LogP contribution in [-0.2, 0) is 4.79 Å². The van der Waals surface area contributed by atoms with Gasteiger partial charge in [-0.2, -0.15) is 0 Å². The number of carbonyl (C=O) groups excluding carboxylic acids is 1. The first-order chi connectivity index (χ1) is 11.6. The standard InChI is InChI=1S/C19H24N2O3/c1-15(24-18-11-7-10-17(14-18)23-3)19(22)20-12-13-21(2)16-8-5-4-6-9-16/h4-11,14-15H,12-13H2,1-3H3,(H,20,22). The Morgan fingerprint density at radius 1 is 1.12 bits per heavy atom. The van der Waals surface area contributed by atoms with Crippen molar-refractivity contribution in [1.82, 2.24) is 5.32 Å². The Labute approximate surface area is 143 Å². The molecule has 1 N–H and O–H groups in total. The predicted octanol–water partition coefficient (Wildman–Crippen LogP) is 2.72. The van der Waals surface area contributed by atoms with E-state index in [0.717, 1.165) is 12.2 Å². The molecule has 0 heterocycles.